The molecule has 88 valence electrons. The zero-order chi connectivity index (χ0) is 12.0. The summed E-state index contributed by atoms with van der Waals surface area (Å²) in [7, 11) is 0. The van der Waals surface area contributed by atoms with Crippen LogP contribution in [0.2, 0.25) is 0 Å². The Labute approximate surface area is 96.3 Å². The second kappa shape index (κ2) is 6.10. The summed E-state index contributed by atoms with van der Waals surface area (Å²) in [6.45, 7) is 6.40. The lowest BCUT2D eigenvalue weighted by Gasteiger charge is -2.02. The summed E-state index contributed by atoms with van der Waals surface area (Å²) in [6.07, 6.45) is 8.76. The molecule has 1 aromatic rings. The number of carbonyl (C=O) groups is 1. The fourth-order valence-electron chi connectivity index (χ4n) is 1.27. The van der Waals surface area contributed by atoms with Gasteiger partial charge < -0.3 is 5.32 Å². The predicted octanol–water partition coefficient (Wildman–Crippen LogP) is 2.00. The van der Waals surface area contributed by atoms with Crippen LogP contribution in [0.15, 0.2) is 18.5 Å². The summed E-state index contributed by atoms with van der Waals surface area (Å²) in [5.74, 6) is 0.0148. The van der Waals surface area contributed by atoms with E-state index in [1.165, 1.54) is 6.92 Å². The Morgan fingerprint density at radius 1 is 1.62 bits per heavy atom. The van der Waals surface area contributed by atoms with Crippen molar-refractivity contribution in [2.45, 2.75) is 33.2 Å². The van der Waals surface area contributed by atoms with Crippen LogP contribution < -0.4 is 5.32 Å². The van der Waals surface area contributed by atoms with Gasteiger partial charge in [-0.05, 0) is 20.3 Å². The highest BCUT2D eigenvalue weighted by Gasteiger charge is 1.98. The molecule has 4 heteroatoms. The van der Waals surface area contributed by atoms with Crippen LogP contribution in [0.25, 0.3) is 6.08 Å². The summed E-state index contributed by atoms with van der Waals surface area (Å²) in [4.78, 5) is 10.6. The van der Waals surface area contributed by atoms with Gasteiger partial charge in [0, 0.05) is 31.3 Å². The van der Waals surface area contributed by atoms with Gasteiger partial charge in [-0.2, -0.15) is 5.10 Å². The molecule has 0 aliphatic carbocycles. The maximum absolute atomic E-state index is 10.6. The van der Waals surface area contributed by atoms with Crippen LogP contribution in [0.3, 0.4) is 0 Å². The largest absolute Gasteiger partial charge is 0.356 e. The number of hydrogen-bond donors (Lipinski definition) is 1. The molecule has 1 N–H and O–H groups in total. The minimum atomic E-state index is 0.0148. The summed E-state index contributed by atoms with van der Waals surface area (Å²) >= 11 is 0. The third-order valence-corrected chi connectivity index (χ3v) is 2.15. The normalized spacial score (nSPS) is 11.2. The summed E-state index contributed by atoms with van der Waals surface area (Å²) < 4.78 is 1.92. The molecule has 0 bridgehead atoms. The number of carbonyl (C=O) groups excluding carboxylic acids is 1. The Morgan fingerprint density at radius 2 is 2.38 bits per heavy atom. The van der Waals surface area contributed by atoms with E-state index in [-0.39, 0.29) is 5.91 Å². The van der Waals surface area contributed by atoms with Crippen molar-refractivity contribution < 1.29 is 4.79 Å². The van der Waals surface area contributed by atoms with E-state index in [9.17, 15) is 4.79 Å². The molecule has 16 heavy (non-hydrogen) atoms. The van der Waals surface area contributed by atoms with E-state index in [0.717, 1.165) is 12.0 Å². The second-order valence-electron chi connectivity index (χ2n) is 4.02. The van der Waals surface area contributed by atoms with E-state index in [0.29, 0.717) is 12.6 Å². The highest BCUT2D eigenvalue weighted by atomic mass is 16.1. The van der Waals surface area contributed by atoms with Crippen LogP contribution >= 0.6 is 0 Å². The van der Waals surface area contributed by atoms with Gasteiger partial charge in [-0.25, -0.2) is 0 Å². The zero-order valence-electron chi connectivity index (χ0n) is 10.1. The Bertz CT molecular complexity index is 366. The highest BCUT2D eigenvalue weighted by molar-refractivity contribution is 5.72. The van der Waals surface area contributed by atoms with Crippen molar-refractivity contribution in [3.05, 3.63) is 24.0 Å². The number of nitrogens with zero attached hydrogens (tertiary/aromatic N) is 2. The monoisotopic (exact) mass is 221 g/mol. The van der Waals surface area contributed by atoms with Gasteiger partial charge in [-0.1, -0.05) is 12.2 Å². The van der Waals surface area contributed by atoms with Crippen molar-refractivity contribution in [1.82, 2.24) is 15.1 Å². The molecule has 0 saturated carbocycles. The van der Waals surface area contributed by atoms with E-state index < -0.39 is 0 Å². The van der Waals surface area contributed by atoms with Crippen LogP contribution in [0.4, 0.5) is 0 Å². The minimum absolute atomic E-state index is 0.0148. The van der Waals surface area contributed by atoms with Crippen molar-refractivity contribution in [3.63, 3.8) is 0 Å². The van der Waals surface area contributed by atoms with E-state index in [1.807, 2.05) is 29.2 Å². The molecule has 0 spiro atoms. The first-order valence-corrected chi connectivity index (χ1v) is 5.54. The second-order valence-corrected chi connectivity index (χ2v) is 4.02. The van der Waals surface area contributed by atoms with Crippen LogP contribution in [-0.4, -0.2) is 22.2 Å². The molecule has 1 aromatic heterocycles. The highest BCUT2D eigenvalue weighted by Crippen LogP contribution is 2.06. The van der Waals surface area contributed by atoms with Crippen molar-refractivity contribution in [3.8, 4) is 0 Å². The summed E-state index contributed by atoms with van der Waals surface area (Å²) in [5, 5.41) is 6.98. The topological polar surface area (TPSA) is 46.9 Å². The smallest absolute Gasteiger partial charge is 0.216 e. The molecule has 1 rings (SSSR count). The van der Waals surface area contributed by atoms with Gasteiger partial charge in [0.2, 0.25) is 5.91 Å². The van der Waals surface area contributed by atoms with Crippen molar-refractivity contribution in [2.75, 3.05) is 6.54 Å². The van der Waals surface area contributed by atoms with E-state index >= 15 is 0 Å². The quantitative estimate of drug-likeness (QED) is 0.773. The Balaban J connectivity index is 2.35. The van der Waals surface area contributed by atoms with Crippen LogP contribution in [0.1, 0.15) is 38.8 Å². The summed E-state index contributed by atoms with van der Waals surface area (Å²) in [6, 6.07) is 0.390. The van der Waals surface area contributed by atoms with Gasteiger partial charge >= 0.3 is 0 Å². The average Bonchev–Trinajstić information content (AvgIpc) is 2.65. The number of nitrogens with one attached hydrogen (secondary N) is 1. The third kappa shape index (κ3) is 4.29. The Morgan fingerprint density at radius 3 is 2.94 bits per heavy atom. The Kier molecular flexibility index (Phi) is 4.76. The maximum atomic E-state index is 10.6. The predicted molar refractivity (Wildman–Crippen MR) is 64.9 cm³/mol. The number of amides is 1. The average molecular weight is 221 g/mol. The van der Waals surface area contributed by atoms with Crippen molar-refractivity contribution in [2.24, 2.45) is 0 Å². The fourth-order valence-corrected chi connectivity index (χ4v) is 1.27. The lowest BCUT2D eigenvalue weighted by atomic mass is 10.3. The molecule has 0 saturated heterocycles. The number of hydrogen-bond acceptors (Lipinski definition) is 2. The molecule has 0 radical (unpaired) electrons. The van der Waals surface area contributed by atoms with Gasteiger partial charge in [0.15, 0.2) is 0 Å². The maximum Gasteiger partial charge on any atom is 0.216 e. The first-order valence-electron chi connectivity index (χ1n) is 5.54. The van der Waals surface area contributed by atoms with Crippen LogP contribution in [0.5, 0.6) is 0 Å². The van der Waals surface area contributed by atoms with Crippen molar-refractivity contribution >= 4 is 12.0 Å². The van der Waals surface area contributed by atoms with Crippen LogP contribution in [0, 0.1) is 0 Å². The van der Waals surface area contributed by atoms with Crippen molar-refractivity contribution in [1.29, 1.82) is 0 Å². The SMILES string of the molecule is CC(=O)NCCC=Cc1cnn(C(C)C)c1. The van der Waals surface area contributed by atoms with Gasteiger partial charge in [0.1, 0.15) is 0 Å². The lowest BCUT2D eigenvalue weighted by Crippen LogP contribution is -2.20. The zero-order valence-corrected chi connectivity index (χ0v) is 10.1. The van der Waals surface area contributed by atoms with Gasteiger partial charge in [-0.3, -0.25) is 9.48 Å². The first-order chi connectivity index (χ1) is 7.59. The third-order valence-electron chi connectivity index (χ3n) is 2.15. The standard InChI is InChI=1S/C12H19N3O/c1-10(2)15-9-12(8-14-15)6-4-5-7-13-11(3)16/h4,6,8-10H,5,7H2,1-3H3,(H,13,16). The van der Waals surface area contributed by atoms with E-state index in [2.05, 4.69) is 24.3 Å². The van der Waals surface area contributed by atoms with Gasteiger partial charge in [0.05, 0.1) is 6.20 Å². The lowest BCUT2D eigenvalue weighted by molar-refractivity contribution is -0.118. The molecule has 0 atom stereocenters. The van der Waals surface area contributed by atoms with E-state index in [1.54, 1.807) is 0 Å². The molecular weight excluding hydrogens is 202 g/mol. The molecule has 0 aliphatic heterocycles. The molecule has 1 amide bonds. The number of aromatic nitrogens is 2. The molecule has 0 aliphatic rings. The molecular formula is C12H19N3O. The molecule has 0 aromatic carbocycles. The Hall–Kier alpha value is -1.58. The molecule has 0 fully saturated rings. The fraction of sp³-hybridized carbons (Fsp3) is 0.500. The van der Waals surface area contributed by atoms with E-state index in [4.69, 9.17) is 0 Å². The number of rotatable bonds is 5. The van der Waals surface area contributed by atoms with Crippen LogP contribution in [-0.2, 0) is 4.79 Å². The van der Waals surface area contributed by atoms with Gasteiger partial charge in [0.25, 0.3) is 0 Å². The molecule has 4 nitrogen and oxygen atoms in total. The van der Waals surface area contributed by atoms with Gasteiger partial charge in [-0.15, -0.1) is 0 Å². The first kappa shape index (κ1) is 12.5. The molecule has 1 heterocycles. The minimum Gasteiger partial charge on any atom is -0.356 e. The summed E-state index contributed by atoms with van der Waals surface area (Å²) in [5.41, 5.74) is 1.09. The molecule has 0 unspecified atom stereocenters.